The topological polar surface area (TPSA) is 60.1 Å². The van der Waals surface area contributed by atoms with Crippen molar-refractivity contribution in [3.8, 4) is 0 Å². The minimum absolute atomic E-state index is 0.121. The maximum absolute atomic E-state index is 13.7. The highest BCUT2D eigenvalue weighted by Gasteiger charge is 2.25. The Bertz CT molecular complexity index is 689. The maximum atomic E-state index is 13.7. The molecule has 3 N–H and O–H groups in total. The van der Waals surface area contributed by atoms with Gasteiger partial charge in [-0.25, -0.2) is 4.39 Å². The van der Waals surface area contributed by atoms with Crippen molar-refractivity contribution in [2.24, 2.45) is 5.84 Å². The summed E-state index contributed by atoms with van der Waals surface area (Å²) in [5.74, 6) is 4.77. The molecule has 1 fully saturated rings. The largest absolute Gasteiger partial charge is 0.344 e. The van der Waals surface area contributed by atoms with Crippen LogP contribution in [0.1, 0.15) is 24.4 Å². The number of nitrogen functional groups attached to an aromatic ring is 1. The molecule has 1 heterocycles. The molecule has 0 saturated heterocycles. The Balaban J connectivity index is 2.41. The number of nitrogens with zero attached hydrogens (tertiary/aromatic N) is 1. The maximum Gasteiger partial charge on any atom is 0.192 e. The first-order valence-electron chi connectivity index (χ1n) is 5.93. The van der Waals surface area contributed by atoms with Gasteiger partial charge in [-0.15, -0.1) is 0 Å². The van der Waals surface area contributed by atoms with Gasteiger partial charge >= 0.3 is 0 Å². The van der Waals surface area contributed by atoms with Gasteiger partial charge in [0.1, 0.15) is 5.82 Å². The van der Waals surface area contributed by atoms with E-state index in [-0.39, 0.29) is 11.1 Å². The summed E-state index contributed by atoms with van der Waals surface area (Å²) in [6.45, 7) is 1.76. The Labute approximate surface area is 103 Å². The van der Waals surface area contributed by atoms with Crippen molar-refractivity contribution in [1.29, 1.82) is 0 Å². The number of anilines is 1. The fourth-order valence-electron chi connectivity index (χ4n) is 2.27. The molecule has 1 saturated carbocycles. The van der Waals surface area contributed by atoms with Crippen LogP contribution >= 0.6 is 0 Å². The van der Waals surface area contributed by atoms with Crippen LogP contribution in [0.25, 0.3) is 10.9 Å². The van der Waals surface area contributed by atoms with E-state index >= 15 is 0 Å². The van der Waals surface area contributed by atoms with Gasteiger partial charge in [-0.3, -0.25) is 10.6 Å². The van der Waals surface area contributed by atoms with Crippen LogP contribution in [0.2, 0.25) is 0 Å². The normalized spacial score (nSPS) is 15.1. The van der Waals surface area contributed by atoms with Crippen LogP contribution < -0.4 is 16.7 Å². The average molecular weight is 247 g/mol. The van der Waals surface area contributed by atoms with E-state index < -0.39 is 5.82 Å². The summed E-state index contributed by atoms with van der Waals surface area (Å²) in [6.07, 6.45) is 4.04. The Hall–Kier alpha value is -1.88. The minimum atomic E-state index is -0.505. The van der Waals surface area contributed by atoms with Crippen molar-refractivity contribution in [3.63, 3.8) is 0 Å². The predicted molar refractivity (Wildman–Crippen MR) is 69.0 cm³/mol. The molecule has 0 atom stereocenters. The Morgan fingerprint density at radius 2 is 2.17 bits per heavy atom. The number of rotatable bonds is 2. The zero-order chi connectivity index (χ0) is 12.9. The summed E-state index contributed by atoms with van der Waals surface area (Å²) in [5, 5.41) is 0.415. The van der Waals surface area contributed by atoms with Crippen LogP contribution in [0, 0.1) is 12.7 Å². The van der Waals surface area contributed by atoms with Crippen molar-refractivity contribution in [2.75, 3.05) is 5.43 Å². The van der Waals surface area contributed by atoms with Gasteiger partial charge in [0.15, 0.2) is 5.43 Å². The van der Waals surface area contributed by atoms with Gasteiger partial charge in [0.05, 0.1) is 11.2 Å². The Morgan fingerprint density at radius 3 is 2.78 bits per heavy atom. The molecule has 1 aromatic carbocycles. The van der Waals surface area contributed by atoms with Crippen LogP contribution in [-0.2, 0) is 0 Å². The lowest BCUT2D eigenvalue weighted by molar-refractivity contribution is 0.631. The van der Waals surface area contributed by atoms with Crippen LogP contribution in [0.15, 0.2) is 23.1 Å². The molecule has 4 nitrogen and oxygen atoms in total. The van der Waals surface area contributed by atoms with Crippen molar-refractivity contribution < 1.29 is 4.39 Å². The first kappa shape index (κ1) is 11.2. The van der Waals surface area contributed by atoms with E-state index in [1.54, 1.807) is 13.0 Å². The van der Waals surface area contributed by atoms with Crippen molar-refractivity contribution in [3.05, 3.63) is 39.9 Å². The van der Waals surface area contributed by atoms with E-state index in [2.05, 4.69) is 5.43 Å². The standard InChI is InChI=1S/C13H14FN3O/c1-7-6-17(8-2-3-8)12-5-11(16-15)10(14)4-9(12)13(7)18/h4-6,8,16H,2-3,15H2,1H3. The molecule has 1 aliphatic rings. The molecule has 0 amide bonds. The number of nitrogens with two attached hydrogens (primary N) is 1. The number of fused-ring (bicyclic) bond motifs is 1. The monoisotopic (exact) mass is 247 g/mol. The Kier molecular flexibility index (Phi) is 2.38. The predicted octanol–water partition coefficient (Wildman–Crippen LogP) is 2.07. The summed E-state index contributed by atoms with van der Waals surface area (Å²) in [4.78, 5) is 12.0. The fourth-order valence-corrected chi connectivity index (χ4v) is 2.27. The highest BCUT2D eigenvalue weighted by atomic mass is 19.1. The van der Waals surface area contributed by atoms with Gasteiger partial charge in [-0.05, 0) is 31.9 Å². The number of hydrazine groups is 1. The molecule has 5 heteroatoms. The second-order valence-electron chi connectivity index (χ2n) is 4.77. The number of nitrogens with one attached hydrogen (secondary N) is 1. The second-order valence-corrected chi connectivity index (χ2v) is 4.77. The van der Waals surface area contributed by atoms with Crippen LogP contribution in [0.5, 0.6) is 0 Å². The van der Waals surface area contributed by atoms with E-state index in [1.165, 1.54) is 6.07 Å². The van der Waals surface area contributed by atoms with E-state index in [0.29, 0.717) is 17.0 Å². The number of pyridine rings is 1. The van der Waals surface area contributed by atoms with Gasteiger partial charge in [-0.2, -0.15) is 0 Å². The summed E-state index contributed by atoms with van der Waals surface area (Å²) >= 11 is 0. The molecule has 3 rings (SSSR count). The van der Waals surface area contributed by atoms with Crippen molar-refractivity contribution in [1.82, 2.24) is 4.57 Å². The third kappa shape index (κ3) is 1.59. The number of halogens is 1. The minimum Gasteiger partial charge on any atom is -0.344 e. The number of benzene rings is 1. The molecule has 0 radical (unpaired) electrons. The summed E-state index contributed by atoms with van der Waals surface area (Å²) < 4.78 is 15.7. The third-order valence-corrected chi connectivity index (χ3v) is 3.39. The van der Waals surface area contributed by atoms with Crippen LogP contribution in [0.3, 0.4) is 0 Å². The highest BCUT2D eigenvalue weighted by Crippen LogP contribution is 2.37. The number of hydrogen-bond donors (Lipinski definition) is 2. The lowest BCUT2D eigenvalue weighted by Crippen LogP contribution is -2.14. The molecule has 94 valence electrons. The van der Waals surface area contributed by atoms with Crippen LogP contribution in [-0.4, -0.2) is 4.57 Å². The van der Waals surface area contributed by atoms with E-state index in [1.807, 2.05) is 10.8 Å². The van der Waals surface area contributed by atoms with Crippen molar-refractivity contribution in [2.45, 2.75) is 25.8 Å². The second kappa shape index (κ2) is 3.81. The summed E-state index contributed by atoms with van der Waals surface area (Å²) in [7, 11) is 0. The quantitative estimate of drug-likeness (QED) is 0.631. The smallest absolute Gasteiger partial charge is 0.192 e. The van der Waals surface area contributed by atoms with E-state index in [0.717, 1.165) is 18.4 Å². The molecule has 1 aromatic heterocycles. The first-order valence-corrected chi connectivity index (χ1v) is 5.93. The number of aryl methyl sites for hydroxylation is 1. The summed E-state index contributed by atoms with van der Waals surface area (Å²) in [5.41, 5.74) is 3.78. The molecule has 18 heavy (non-hydrogen) atoms. The molecule has 0 spiro atoms. The fraction of sp³-hybridized carbons (Fsp3) is 0.308. The van der Waals surface area contributed by atoms with Gasteiger partial charge in [0.25, 0.3) is 0 Å². The lowest BCUT2D eigenvalue weighted by Gasteiger charge is -2.13. The van der Waals surface area contributed by atoms with E-state index in [4.69, 9.17) is 5.84 Å². The molecule has 0 bridgehead atoms. The zero-order valence-corrected chi connectivity index (χ0v) is 10.0. The van der Waals surface area contributed by atoms with E-state index in [9.17, 15) is 9.18 Å². The lowest BCUT2D eigenvalue weighted by atomic mass is 10.1. The SMILES string of the molecule is Cc1cn(C2CC2)c2cc(NN)c(F)cc2c1=O. The Morgan fingerprint density at radius 1 is 1.44 bits per heavy atom. The molecule has 2 aromatic rings. The third-order valence-electron chi connectivity index (χ3n) is 3.39. The molecular formula is C13H14FN3O. The van der Waals surface area contributed by atoms with Gasteiger partial charge in [0.2, 0.25) is 0 Å². The molecule has 0 unspecified atom stereocenters. The molecule has 1 aliphatic carbocycles. The number of aromatic nitrogens is 1. The highest BCUT2D eigenvalue weighted by molar-refractivity contribution is 5.83. The van der Waals surface area contributed by atoms with Gasteiger partial charge in [-0.1, -0.05) is 0 Å². The zero-order valence-electron chi connectivity index (χ0n) is 10.0. The van der Waals surface area contributed by atoms with Crippen LogP contribution in [0.4, 0.5) is 10.1 Å². The van der Waals surface area contributed by atoms with Gasteiger partial charge < -0.3 is 9.99 Å². The average Bonchev–Trinajstić information content (AvgIpc) is 3.17. The first-order chi connectivity index (χ1) is 8.61. The van der Waals surface area contributed by atoms with Gasteiger partial charge in [0, 0.05) is 23.2 Å². The number of hydrogen-bond acceptors (Lipinski definition) is 3. The molecular weight excluding hydrogens is 233 g/mol. The summed E-state index contributed by atoms with van der Waals surface area (Å²) in [6, 6.07) is 3.28. The molecule has 0 aliphatic heterocycles. The van der Waals surface area contributed by atoms with Crippen molar-refractivity contribution >= 4 is 16.6 Å².